The lowest BCUT2D eigenvalue weighted by Crippen LogP contribution is -2.25. The number of ether oxygens (including phenoxy) is 2. The Bertz CT molecular complexity index is 413. The molecule has 0 amide bonds. The third kappa shape index (κ3) is 3.94. The molecule has 1 rings (SSSR count). The van der Waals surface area contributed by atoms with E-state index in [4.69, 9.17) is 14.7 Å². The zero-order valence-electron chi connectivity index (χ0n) is 11.2. The zero-order chi connectivity index (χ0) is 13.4. The van der Waals surface area contributed by atoms with Crippen LogP contribution in [0.15, 0.2) is 18.2 Å². The van der Waals surface area contributed by atoms with Crippen LogP contribution in [0, 0.1) is 11.3 Å². The summed E-state index contributed by atoms with van der Waals surface area (Å²) in [5.74, 6) is 1.47. The van der Waals surface area contributed by atoms with E-state index in [1.165, 1.54) is 5.56 Å². The summed E-state index contributed by atoms with van der Waals surface area (Å²) < 4.78 is 10.9. The van der Waals surface area contributed by atoms with Gasteiger partial charge in [-0.3, -0.25) is 0 Å². The van der Waals surface area contributed by atoms with Crippen molar-refractivity contribution in [2.24, 2.45) is 0 Å². The number of nitriles is 1. The maximum atomic E-state index is 8.80. The Morgan fingerprint density at radius 3 is 2.72 bits per heavy atom. The average Bonchev–Trinajstić information content (AvgIpc) is 2.43. The van der Waals surface area contributed by atoms with Crippen molar-refractivity contribution >= 4 is 0 Å². The van der Waals surface area contributed by atoms with Crippen molar-refractivity contribution in [3.63, 3.8) is 0 Å². The maximum Gasteiger partial charge on any atom is 0.161 e. The summed E-state index contributed by atoms with van der Waals surface area (Å²) in [5, 5.41) is 11.7. The molecule has 4 nitrogen and oxygen atoms in total. The van der Waals surface area contributed by atoms with Gasteiger partial charge in [-0.15, -0.1) is 0 Å². The van der Waals surface area contributed by atoms with Gasteiger partial charge < -0.3 is 14.8 Å². The van der Waals surface area contributed by atoms with Crippen LogP contribution in [-0.2, 0) is 6.42 Å². The van der Waals surface area contributed by atoms with Crippen LogP contribution in [0.1, 0.15) is 18.9 Å². The van der Waals surface area contributed by atoms with Crippen molar-refractivity contribution < 1.29 is 9.47 Å². The van der Waals surface area contributed by atoms with Crippen LogP contribution in [0.5, 0.6) is 11.5 Å². The van der Waals surface area contributed by atoms with Gasteiger partial charge >= 0.3 is 0 Å². The Kier molecular flexibility index (Phi) is 6.03. The molecular formula is C14H20N2O2. The fourth-order valence-corrected chi connectivity index (χ4v) is 1.61. The Hall–Kier alpha value is -1.73. The largest absolute Gasteiger partial charge is 0.493 e. The molecule has 0 aliphatic carbocycles. The van der Waals surface area contributed by atoms with Gasteiger partial charge in [0.2, 0.25) is 0 Å². The summed E-state index contributed by atoms with van der Waals surface area (Å²) in [6, 6.07) is 7.91. The van der Waals surface area contributed by atoms with Gasteiger partial charge in [0.05, 0.1) is 25.8 Å². The normalized spacial score (nSPS) is 11.7. The van der Waals surface area contributed by atoms with Gasteiger partial charge in [0.1, 0.15) is 0 Å². The number of rotatable bonds is 7. The van der Waals surface area contributed by atoms with Gasteiger partial charge in [-0.25, -0.2) is 0 Å². The van der Waals surface area contributed by atoms with Gasteiger partial charge in [0.15, 0.2) is 11.5 Å². The minimum Gasteiger partial charge on any atom is -0.493 e. The fraction of sp³-hybridized carbons (Fsp3) is 0.500. The average molecular weight is 248 g/mol. The lowest BCUT2D eigenvalue weighted by atomic mass is 10.1. The molecular weight excluding hydrogens is 228 g/mol. The molecule has 1 N–H and O–H groups in total. The van der Waals surface area contributed by atoms with E-state index >= 15 is 0 Å². The second-order valence-electron chi connectivity index (χ2n) is 3.95. The van der Waals surface area contributed by atoms with Crippen LogP contribution in [0.4, 0.5) is 0 Å². The smallest absolute Gasteiger partial charge is 0.161 e. The van der Waals surface area contributed by atoms with Crippen molar-refractivity contribution in [3.8, 4) is 17.6 Å². The predicted octanol–water partition coefficient (Wildman–Crippen LogP) is 2.14. The highest BCUT2D eigenvalue weighted by Gasteiger charge is 2.07. The Labute approximate surface area is 109 Å². The van der Waals surface area contributed by atoms with Crippen LogP contribution < -0.4 is 14.8 Å². The van der Waals surface area contributed by atoms with Crippen LogP contribution in [-0.4, -0.2) is 26.8 Å². The molecule has 1 aromatic rings. The number of hydrogen-bond donors (Lipinski definition) is 1. The minimum absolute atomic E-state index is 0.175. The molecule has 0 aliphatic heterocycles. The summed E-state index contributed by atoms with van der Waals surface area (Å²) in [7, 11) is 3.40. The van der Waals surface area contributed by atoms with Gasteiger partial charge in [-0.1, -0.05) is 13.0 Å². The first-order valence-electron chi connectivity index (χ1n) is 6.11. The molecule has 4 heteroatoms. The molecule has 0 aliphatic rings. The molecule has 98 valence electrons. The van der Waals surface area contributed by atoms with Gasteiger partial charge in [-0.05, 0) is 31.2 Å². The minimum atomic E-state index is -0.175. The number of aryl methyl sites for hydroxylation is 1. The Morgan fingerprint density at radius 2 is 2.17 bits per heavy atom. The number of hydrogen-bond acceptors (Lipinski definition) is 4. The lowest BCUT2D eigenvalue weighted by Gasteiger charge is -2.13. The van der Waals surface area contributed by atoms with Crippen molar-refractivity contribution in [2.45, 2.75) is 25.8 Å². The Morgan fingerprint density at radius 1 is 1.39 bits per heavy atom. The van der Waals surface area contributed by atoms with Crippen LogP contribution in [0.25, 0.3) is 0 Å². The van der Waals surface area contributed by atoms with Crippen molar-refractivity contribution in [3.05, 3.63) is 23.8 Å². The van der Waals surface area contributed by atoms with E-state index in [1.807, 2.05) is 18.2 Å². The first kappa shape index (κ1) is 14.3. The first-order valence-corrected chi connectivity index (χ1v) is 6.11. The van der Waals surface area contributed by atoms with Gasteiger partial charge in [-0.2, -0.15) is 5.26 Å². The van der Waals surface area contributed by atoms with Gasteiger partial charge in [0.25, 0.3) is 0 Å². The predicted molar refractivity (Wildman–Crippen MR) is 70.9 cm³/mol. The highest BCUT2D eigenvalue weighted by molar-refractivity contribution is 5.42. The van der Waals surface area contributed by atoms with Crippen molar-refractivity contribution in [1.82, 2.24) is 5.32 Å². The van der Waals surface area contributed by atoms with E-state index in [1.54, 1.807) is 14.2 Å². The summed E-state index contributed by atoms with van der Waals surface area (Å²) in [6.45, 7) is 2.58. The second-order valence-corrected chi connectivity index (χ2v) is 3.95. The summed E-state index contributed by atoms with van der Waals surface area (Å²) in [4.78, 5) is 0. The molecule has 0 bridgehead atoms. The first-order chi connectivity index (χ1) is 8.74. The zero-order valence-corrected chi connectivity index (χ0v) is 11.2. The number of benzene rings is 1. The van der Waals surface area contributed by atoms with Crippen molar-refractivity contribution in [2.75, 3.05) is 20.8 Å². The highest BCUT2D eigenvalue weighted by atomic mass is 16.5. The molecule has 0 aromatic heterocycles. The maximum absolute atomic E-state index is 8.80. The molecule has 1 aromatic carbocycles. The second kappa shape index (κ2) is 7.57. The third-order valence-corrected chi connectivity index (χ3v) is 2.80. The van der Waals surface area contributed by atoms with E-state index in [9.17, 15) is 0 Å². The molecule has 0 saturated carbocycles. The van der Waals surface area contributed by atoms with E-state index in [-0.39, 0.29) is 6.04 Å². The van der Waals surface area contributed by atoms with Crippen molar-refractivity contribution in [1.29, 1.82) is 5.26 Å². The van der Waals surface area contributed by atoms with Crippen LogP contribution in [0.3, 0.4) is 0 Å². The SMILES string of the molecule is CCc1ccc(OCCC(C#N)NC)c(OC)c1. The number of methoxy groups -OCH3 is 1. The fourth-order valence-electron chi connectivity index (χ4n) is 1.61. The van der Waals surface area contributed by atoms with E-state index < -0.39 is 0 Å². The van der Waals surface area contributed by atoms with Crippen LogP contribution in [0.2, 0.25) is 0 Å². The highest BCUT2D eigenvalue weighted by Crippen LogP contribution is 2.28. The monoisotopic (exact) mass is 248 g/mol. The standard InChI is InChI=1S/C14H20N2O2/c1-4-11-5-6-13(14(9-11)17-3)18-8-7-12(10-15)16-2/h5-6,9,12,16H,4,7-8H2,1-3H3. The molecule has 0 fully saturated rings. The summed E-state index contributed by atoms with van der Waals surface area (Å²) in [5.41, 5.74) is 1.21. The van der Waals surface area contributed by atoms with E-state index in [2.05, 4.69) is 18.3 Å². The van der Waals surface area contributed by atoms with Gasteiger partial charge in [0, 0.05) is 6.42 Å². The third-order valence-electron chi connectivity index (χ3n) is 2.80. The molecule has 18 heavy (non-hydrogen) atoms. The van der Waals surface area contributed by atoms with E-state index in [0.29, 0.717) is 13.0 Å². The molecule has 0 radical (unpaired) electrons. The number of nitrogens with one attached hydrogen (secondary N) is 1. The quantitative estimate of drug-likeness (QED) is 0.803. The Balaban J connectivity index is 2.59. The van der Waals surface area contributed by atoms with E-state index in [0.717, 1.165) is 17.9 Å². The molecule has 0 saturated heterocycles. The van der Waals surface area contributed by atoms with Crippen LogP contribution >= 0.6 is 0 Å². The molecule has 1 unspecified atom stereocenters. The molecule has 1 atom stereocenters. The topological polar surface area (TPSA) is 54.3 Å². The number of nitrogens with zero attached hydrogens (tertiary/aromatic N) is 1. The summed E-state index contributed by atoms with van der Waals surface area (Å²) in [6.07, 6.45) is 1.61. The molecule has 0 spiro atoms. The summed E-state index contributed by atoms with van der Waals surface area (Å²) >= 11 is 0. The lowest BCUT2D eigenvalue weighted by molar-refractivity contribution is 0.281. The molecule has 0 heterocycles.